The quantitative estimate of drug-likeness (QED) is 0.0476. The molecule has 3 aliphatic carbocycles. The highest BCUT2D eigenvalue weighted by Gasteiger charge is 2.48. The zero-order valence-electron chi connectivity index (χ0n) is 43.4. The largest absolute Gasteiger partial charge is 0.481 e. The van der Waals surface area contributed by atoms with Gasteiger partial charge in [0.25, 0.3) is 0 Å². The van der Waals surface area contributed by atoms with Crippen molar-refractivity contribution in [2.45, 2.75) is 165 Å². The first kappa shape index (κ1) is 64.0. The fourth-order valence-corrected chi connectivity index (χ4v) is 10.3. The predicted octanol–water partition coefficient (Wildman–Crippen LogP) is 9.39. The molecule has 0 spiro atoms. The fourth-order valence-electron chi connectivity index (χ4n) is 10.3. The van der Waals surface area contributed by atoms with Gasteiger partial charge in [-0.25, -0.2) is 0 Å². The summed E-state index contributed by atoms with van der Waals surface area (Å²) in [5.74, 6) is 2.44. The van der Waals surface area contributed by atoms with Crippen LogP contribution in [0, 0.1) is 35.5 Å². The molecule has 5 aliphatic rings. The first-order chi connectivity index (χ1) is 35.6. The summed E-state index contributed by atoms with van der Waals surface area (Å²) in [7, 11) is 0. The van der Waals surface area contributed by atoms with Gasteiger partial charge in [0, 0.05) is 25.3 Å². The van der Waals surface area contributed by atoms with E-state index in [1.54, 1.807) is 18.2 Å². The number of terminal acetylenes is 1. The normalized spacial score (nSPS) is 25.5. The van der Waals surface area contributed by atoms with Crippen LogP contribution in [-0.4, -0.2) is 98.3 Å². The van der Waals surface area contributed by atoms with Crippen LogP contribution in [0.25, 0.3) is 0 Å². The average molecular weight is 1280 g/mol. The van der Waals surface area contributed by atoms with Gasteiger partial charge in [0.05, 0.1) is 30.3 Å². The maximum absolute atomic E-state index is 12.0. The van der Waals surface area contributed by atoms with Crippen molar-refractivity contribution in [3.8, 4) is 18.4 Å². The van der Waals surface area contributed by atoms with Crippen LogP contribution in [0.1, 0.15) is 165 Å². The summed E-state index contributed by atoms with van der Waals surface area (Å²) in [4.78, 5) is 34.1. The molecule has 2 heterocycles. The fraction of sp³-hybridized carbons (Fsp3) is 0.492. The van der Waals surface area contributed by atoms with Crippen molar-refractivity contribution in [2.75, 3.05) is 6.61 Å². The number of nitriles is 1. The molecule has 0 unspecified atom stereocenters. The molecule has 0 radical (unpaired) electrons. The van der Waals surface area contributed by atoms with Crippen LogP contribution < -0.4 is 0 Å². The van der Waals surface area contributed by atoms with Crippen LogP contribution in [0.5, 0.6) is 0 Å². The number of rotatable bonds is 13. The van der Waals surface area contributed by atoms with E-state index >= 15 is 0 Å². The van der Waals surface area contributed by atoms with Crippen molar-refractivity contribution in [3.05, 3.63) is 141 Å². The van der Waals surface area contributed by atoms with Gasteiger partial charge in [0.2, 0.25) is 0 Å². The molecule has 14 nitrogen and oxygen atoms in total. The topological polar surface area (TPSA) is 245 Å². The highest BCUT2D eigenvalue weighted by molar-refractivity contribution is 14.1. The highest BCUT2D eigenvalue weighted by atomic mass is 127. The van der Waals surface area contributed by atoms with E-state index in [0.29, 0.717) is 59.0 Å². The maximum atomic E-state index is 12.0. The Morgan fingerprint density at radius 2 is 1.13 bits per heavy atom. The molecule has 9 rings (SSSR count). The molecule has 17 heteroatoms. The number of ether oxygens (including phenoxy) is 4. The SMILES string of the molecule is C#Cc1ccc([C@@H]2O[C@H](CO)[C@@H](O)[C@H](O)[C@H]2O)cc1Cc1ccc(C2CC2)cc1.CC[C@H]1O[C@@H](c2ccc(C#N)c(Cc3ccc(C4CC4)cc3)c2)[C@H](OC(C)=O)[C@@H](OC(C)=O)[C@@H]1C.FI.I.O.O=C(O)C1CCCC1. The van der Waals surface area contributed by atoms with Gasteiger partial charge in [0.15, 0.2) is 29.3 Å². The molecule has 5 fully saturated rings. The van der Waals surface area contributed by atoms with Gasteiger partial charge in [-0.1, -0.05) is 105 Å². The first-order valence-electron chi connectivity index (χ1n) is 25.6. The zero-order valence-corrected chi connectivity index (χ0v) is 47.8. The second-order valence-corrected chi connectivity index (χ2v) is 20.1. The molecule has 2 saturated heterocycles. The minimum Gasteiger partial charge on any atom is -0.481 e. The smallest absolute Gasteiger partial charge is 0.306 e. The third kappa shape index (κ3) is 17.0. The number of nitrogens with zero attached hydrogens (tertiary/aromatic N) is 1. The molecule has 7 N–H and O–H groups in total. The molecular weight excluding hydrogens is 1200 g/mol. The Morgan fingerprint density at radius 3 is 1.55 bits per heavy atom. The molecule has 2 aliphatic heterocycles. The standard InChI is InChI=1S/C29H33NO5.C24H26O5.C6H10O2.FI.HI.H2O/c1-5-26-17(2)27(33-18(3)31)29(34-19(4)32)28(35-26)23-12-13-24(16-30)25(15-23)14-20-6-8-21(9-7-20)22-10-11-22;1-2-15-7-10-18(24-23(28)22(27)21(26)20(13-25)29-24)12-19(15)11-14-3-5-16(6-4-14)17-8-9-17;7-6(8)5-3-1-2-4-5;1-2;;/h6-9,12-13,15,17,22,26-29H,5,10-11,14H2,1-4H3;1,3-7,10,12,17,20-28H,8-9,11,13H2;5H,1-4H2,(H,7,8);;1H;1H2/t17-,26-,27+,28+,29-;20-,21-,22+,23-,24+;;;;/m11..../s1. The summed E-state index contributed by atoms with van der Waals surface area (Å²) in [6.07, 6.45) is 8.60. The van der Waals surface area contributed by atoms with Crippen LogP contribution in [-0.2, 0) is 46.2 Å². The van der Waals surface area contributed by atoms with E-state index in [4.69, 9.17) is 30.5 Å². The third-order valence-electron chi connectivity index (χ3n) is 14.7. The number of aliphatic hydroxyl groups is 4. The number of esters is 2. The molecule has 76 heavy (non-hydrogen) atoms. The maximum Gasteiger partial charge on any atom is 0.306 e. The van der Waals surface area contributed by atoms with Gasteiger partial charge in [0.1, 0.15) is 42.7 Å². The molecule has 3 saturated carbocycles. The number of carbonyl (C=O) groups excluding carboxylic acids is 2. The Balaban J connectivity index is 0.000000275. The van der Waals surface area contributed by atoms with Crippen molar-refractivity contribution in [2.24, 2.45) is 11.8 Å². The van der Waals surface area contributed by atoms with Crippen LogP contribution in [0.3, 0.4) is 0 Å². The van der Waals surface area contributed by atoms with E-state index in [9.17, 15) is 42.9 Å². The van der Waals surface area contributed by atoms with Crippen LogP contribution >= 0.6 is 47.1 Å². The third-order valence-corrected chi connectivity index (χ3v) is 14.7. The second kappa shape index (κ2) is 30.6. The molecule has 10 atom stereocenters. The summed E-state index contributed by atoms with van der Waals surface area (Å²) in [5.41, 5.74) is 9.60. The summed E-state index contributed by atoms with van der Waals surface area (Å²) >= 11 is 0.650. The molecule has 4 aromatic carbocycles. The molecular formula is C59H72FI2NO13. The van der Waals surface area contributed by atoms with Gasteiger partial charge in [-0.05, 0) is 126 Å². The van der Waals surface area contributed by atoms with Gasteiger partial charge < -0.3 is 50.0 Å². The molecule has 0 amide bonds. The van der Waals surface area contributed by atoms with Gasteiger partial charge in [-0.15, -0.1) is 30.4 Å². The number of aliphatic carboxylic acids is 1. The number of aliphatic hydroxyl groups excluding tert-OH is 4. The van der Waals surface area contributed by atoms with E-state index in [1.165, 1.54) is 50.7 Å². The van der Waals surface area contributed by atoms with Gasteiger partial charge >= 0.3 is 17.9 Å². The number of carboxylic acids is 1. The van der Waals surface area contributed by atoms with Crippen molar-refractivity contribution in [3.63, 3.8) is 0 Å². The number of benzene rings is 4. The number of hydrogen-bond acceptors (Lipinski definition) is 12. The average Bonchev–Trinajstić information content (AvgIpc) is 4.36. The Bertz CT molecular complexity index is 2590. The monoisotopic (exact) mass is 1280 g/mol. The number of hydrogen-bond donors (Lipinski definition) is 5. The predicted molar refractivity (Wildman–Crippen MR) is 303 cm³/mol. The lowest BCUT2D eigenvalue weighted by Gasteiger charge is -2.44. The Morgan fingerprint density at radius 1 is 0.684 bits per heavy atom. The summed E-state index contributed by atoms with van der Waals surface area (Å²) in [5, 5.41) is 58.1. The minimum atomic E-state index is -1.41. The summed E-state index contributed by atoms with van der Waals surface area (Å²) in [6.45, 7) is 6.21. The lowest BCUT2D eigenvalue weighted by Crippen LogP contribution is -2.55. The molecule has 412 valence electrons. The molecule has 0 aromatic heterocycles. The second-order valence-electron chi connectivity index (χ2n) is 20.1. The highest BCUT2D eigenvalue weighted by Crippen LogP contribution is 2.43. The van der Waals surface area contributed by atoms with Crippen LogP contribution in [0.4, 0.5) is 2.86 Å². The Labute approximate surface area is 476 Å². The van der Waals surface area contributed by atoms with E-state index in [1.807, 2.05) is 32.0 Å². The van der Waals surface area contributed by atoms with Crippen LogP contribution in [0.15, 0.2) is 84.9 Å². The number of halogens is 3. The van der Waals surface area contributed by atoms with Crippen molar-refractivity contribution in [1.29, 1.82) is 5.26 Å². The molecule has 4 aromatic rings. The summed E-state index contributed by atoms with van der Waals surface area (Å²) in [6, 6.07) is 30.5. The van der Waals surface area contributed by atoms with E-state index in [0.717, 1.165) is 65.5 Å². The minimum absolute atomic E-state index is 0. The lowest BCUT2D eigenvalue weighted by atomic mass is 9.83. The number of carbonyl (C=O) groups is 3. The van der Waals surface area contributed by atoms with Crippen molar-refractivity contribution >= 4 is 65.0 Å². The van der Waals surface area contributed by atoms with Gasteiger partial charge in [-0.2, -0.15) is 8.12 Å². The van der Waals surface area contributed by atoms with E-state index in [-0.39, 0.29) is 47.4 Å². The summed E-state index contributed by atoms with van der Waals surface area (Å²) < 4.78 is 32.9. The van der Waals surface area contributed by atoms with Crippen molar-refractivity contribution in [1.82, 2.24) is 0 Å². The van der Waals surface area contributed by atoms with Crippen LogP contribution in [0.2, 0.25) is 0 Å². The Hall–Kier alpha value is -4.55. The van der Waals surface area contributed by atoms with E-state index in [2.05, 4.69) is 60.5 Å². The Kier molecular flexibility index (Phi) is 25.7. The first-order valence-corrected chi connectivity index (χ1v) is 26.4. The zero-order chi connectivity index (χ0) is 53.6. The van der Waals surface area contributed by atoms with Crippen molar-refractivity contribution < 1.29 is 67.2 Å². The molecule has 0 bridgehead atoms. The van der Waals surface area contributed by atoms with E-state index < -0.39 is 73.3 Å². The number of carboxylic acid groups (broad SMARTS) is 1. The lowest BCUT2D eigenvalue weighted by molar-refractivity contribution is -0.231. The van der Waals surface area contributed by atoms with Gasteiger partial charge in [-0.3, -0.25) is 14.4 Å².